The Morgan fingerprint density at radius 3 is 2.50 bits per heavy atom. The largest absolute Gasteiger partial charge is 0.378 e. The molecule has 1 aromatic carbocycles. The van der Waals surface area contributed by atoms with Gasteiger partial charge in [-0.2, -0.15) is 0 Å². The molecule has 0 saturated carbocycles. The molecule has 0 aromatic heterocycles. The first-order chi connectivity index (χ1) is 11.8. The minimum absolute atomic E-state index is 0.701. The van der Waals surface area contributed by atoms with Crippen molar-refractivity contribution < 1.29 is 4.74 Å². The summed E-state index contributed by atoms with van der Waals surface area (Å²) in [6.07, 6.45) is 3.69. The van der Waals surface area contributed by atoms with Gasteiger partial charge in [-0.15, -0.1) is 0 Å². The van der Waals surface area contributed by atoms with Crippen LogP contribution in [0.25, 0.3) is 0 Å². The average molecular weight is 332 g/mol. The second-order valence-corrected chi connectivity index (χ2v) is 6.09. The van der Waals surface area contributed by atoms with Crippen molar-refractivity contribution in [3.63, 3.8) is 0 Å². The number of hydrogen-bond acceptors (Lipinski definition) is 3. The SMILES string of the molecule is CCCCCNC(=NCc1ccc(N2CCOCC2)cc1)NCC. The van der Waals surface area contributed by atoms with E-state index < -0.39 is 0 Å². The molecule has 5 nitrogen and oxygen atoms in total. The van der Waals surface area contributed by atoms with Crippen molar-refractivity contribution in [1.82, 2.24) is 10.6 Å². The summed E-state index contributed by atoms with van der Waals surface area (Å²) in [6, 6.07) is 8.74. The van der Waals surface area contributed by atoms with Crippen molar-refractivity contribution in [3.8, 4) is 0 Å². The summed E-state index contributed by atoms with van der Waals surface area (Å²) in [4.78, 5) is 7.06. The maximum atomic E-state index is 5.41. The van der Waals surface area contributed by atoms with Gasteiger partial charge in [0.2, 0.25) is 0 Å². The molecule has 1 heterocycles. The van der Waals surface area contributed by atoms with Gasteiger partial charge in [-0.25, -0.2) is 4.99 Å². The summed E-state index contributed by atoms with van der Waals surface area (Å²) < 4.78 is 5.41. The maximum absolute atomic E-state index is 5.41. The number of rotatable bonds is 8. The van der Waals surface area contributed by atoms with Gasteiger partial charge in [0.05, 0.1) is 19.8 Å². The fourth-order valence-corrected chi connectivity index (χ4v) is 2.73. The van der Waals surface area contributed by atoms with Crippen LogP contribution >= 0.6 is 0 Å². The van der Waals surface area contributed by atoms with Crippen LogP contribution in [0.1, 0.15) is 38.7 Å². The molecule has 0 spiro atoms. The third kappa shape index (κ3) is 6.40. The number of aliphatic imine (C=N–C) groups is 1. The highest BCUT2D eigenvalue weighted by Crippen LogP contribution is 2.17. The number of ether oxygens (including phenoxy) is 1. The fourth-order valence-electron chi connectivity index (χ4n) is 2.73. The lowest BCUT2D eigenvalue weighted by Crippen LogP contribution is -2.37. The van der Waals surface area contributed by atoms with Crippen LogP contribution in [0, 0.1) is 0 Å². The van der Waals surface area contributed by atoms with Gasteiger partial charge in [0.25, 0.3) is 0 Å². The van der Waals surface area contributed by atoms with Crippen molar-refractivity contribution in [1.29, 1.82) is 0 Å². The van der Waals surface area contributed by atoms with E-state index in [2.05, 4.69) is 58.6 Å². The van der Waals surface area contributed by atoms with Gasteiger partial charge in [-0.3, -0.25) is 0 Å². The van der Waals surface area contributed by atoms with Crippen molar-refractivity contribution in [2.24, 2.45) is 4.99 Å². The number of benzene rings is 1. The maximum Gasteiger partial charge on any atom is 0.191 e. The topological polar surface area (TPSA) is 48.9 Å². The van der Waals surface area contributed by atoms with Gasteiger partial charge in [-0.1, -0.05) is 31.9 Å². The number of hydrogen-bond donors (Lipinski definition) is 2. The van der Waals surface area contributed by atoms with E-state index in [9.17, 15) is 0 Å². The van der Waals surface area contributed by atoms with Crippen LogP contribution in [0.4, 0.5) is 5.69 Å². The molecule has 1 aromatic rings. The van der Waals surface area contributed by atoms with E-state index in [-0.39, 0.29) is 0 Å². The van der Waals surface area contributed by atoms with Crippen molar-refractivity contribution in [2.75, 3.05) is 44.3 Å². The zero-order valence-corrected chi connectivity index (χ0v) is 15.2. The standard InChI is InChI=1S/C19H32N4O/c1-3-5-6-11-21-19(20-4-2)22-16-17-7-9-18(10-8-17)23-12-14-24-15-13-23/h7-10H,3-6,11-16H2,1-2H3,(H2,20,21,22). The van der Waals surface area contributed by atoms with Gasteiger partial charge in [0.1, 0.15) is 0 Å². The van der Waals surface area contributed by atoms with E-state index in [4.69, 9.17) is 4.74 Å². The molecule has 1 fully saturated rings. The summed E-state index contributed by atoms with van der Waals surface area (Å²) in [6.45, 7) is 10.5. The summed E-state index contributed by atoms with van der Waals surface area (Å²) in [5.74, 6) is 0.908. The Labute approximate surface area is 146 Å². The summed E-state index contributed by atoms with van der Waals surface area (Å²) in [5, 5.41) is 6.72. The molecule has 1 saturated heterocycles. The molecular weight excluding hydrogens is 300 g/mol. The number of morpholine rings is 1. The molecule has 0 aliphatic carbocycles. The highest BCUT2D eigenvalue weighted by molar-refractivity contribution is 5.79. The summed E-state index contributed by atoms with van der Waals surface area (Å²) in [5.41, 5.74) is 2.51. The lowest BCUT2D eigenvalue weighted by Gasteiger charge is -2.28. The molecule has 0 amide bonds. The number of guanidine groups is 1. The summed E-state index contributed by atoms with van der Waals surface area (Å²) >= 11 is 0. The van der Waals surface area contributed by atoms with Crippen LogP contribution in [0.15, 0.2) is 29.3 Å². The van der Waals surface area contributed by atoms with Crippen LogP contribution < -0.4 is 15.5 Å². The van der Waals surface area contributed by atoms with E-state index in [0.717, 1.165) is 45.4 Å². The van der Waals surface area contributed by atoms with Gasteiger partial charge >= 0.3 is 0 Å². The fraction of sp³-hybridized carbons (Fsp3) is 0.632. The second-order valence-electron chi connectivity index (χ2n) is 6.09. The Morgan fingerprint density at radius 1 is 1.08 bits per heavy atom. The van der Waals surface area contributed by atoms with Gasteiger partial charge < -0.3 is 20.3 Å². The molecule has 0 unspecified atom stereocenters. The number of unbranched alkanes of at least 4 members (excludes halogenated alkanes) is 2. The number of nitrogens with one attached hydrogen (secondary N) is 2. The van der Waals surface area contributed by atoms with Crippen molar-refractivity contribution in [2.45, 2.75) is 39.7 Å². The average Bonchev–Trinajstić information content (AvgIpc) is 2.64. The molecule has 0 bridgehead atoms. The van der Waals surface area contributed by atoms with E-state index >= 15 is 0 Å². The highest BCUT2D eigenvalue weighted by atomic mass is 16.5. The molecule has 134 valence electrons. The van der Waals surface area contributed by atoms with E-state index in [1.165, 1.54) is 30.5 Å². The van der Waals surface area contributed by atoms with E-state index in [1.54, 1.807) is 0 Å². The van der Waals surface area contributed by atoms with Crippen LogP contribution in [-0.2, 0) is 11.3 Å². The molecule has 5 heteroatoms. The minimum Gasteiger partial charge on any atom is -0.378 e. The normalized spacial score (nSPS) is 15.4. The molecule has 2 rings (SSSR count). The molecular formula is C19H32N4O. The first kappa shape index (κ1) is 18.6. The third-order valence-corrected chi connectivity index (χ3v) is 4.15. The van der Waals surface area contributed by atoms with Crippen LogP contribution in [0.5, 0.6) is 0 Å². The Hall–Kier alpha value is -1.75. The molecule has 0 atom stereocenters. The first-order valence-electron chi connectivity index (χ1n) is 9.27. The predicted octanol–water partition coefficient (Wildman–Crippen LogP) is 2.77. The van der Waals surface area contributed by atoms with Crippen LogP contribution in [0.2, 0.25) is 0 Å². The predicted molar refractivity (Wildman–Crippen MR) is 102 cm³/mol. The zero-order valence-electron chi connectivity index (χ0n) is 15.2. The van der Waals surface area contributed by atoms with Gasteiger partial charge in [-0.05, 0) is 31.0 Å². The van der Waals surface area contributed by atoms with Crippen LogP contribution in [-0.4, -0.2) is 45.4 Å². The first-order valence-corrected chi connectivity index (χ1v) is 9.27. The minimum atomic E-state index is 0.701. The molecule has 0 radical (unpaired) electrons. The monoisotopic (exact) mass is 332 g/mol. The lowest BCUT2D eigenvalue weighted by atomic mass is 10.2. The smallest absolute Gasteiger partial charge is 0.191 e. The Balaban J connectivity index is 1.85. The van der Waals surface area contributed by atoms with E-state index in [1.807, 2.05) is 0 Å². The number of nitrogens with zero attached hydrogens (tertiary/aromatic N) is 2. The van der Waals surface area contributed by atoms with Crippen molar-refractivity contribution in [3.05, 3.63) is 29.8 Å². The third-order valence-electron chi connectivity index (χ3n) is 4.15. The Morgan fingerprint density at radius 2 is 1.83 bits per heavy atom. The van der Waals surface area contributed by atoms with Gasteiger partial charge in [0.15, 0.2) is 5.96 Å². The molecule has 24 heavy (non-hydrogen) atoms. The number of anilines is 1. The lowest BCUT2D eigenvalue weighted by molar-refractivity contribution is 0.122. The van der Waals surface area contributed by atoms with E-state index in [0.29, 0.717) is 6.54 Å². The van der Waals surface area contributed by atoms with Crippen LogP contribution in [0.3, 0.4) is 0 Å². The molecule has 1 aliphatic heterocycles. The quantitative estimate of drug-likeness (QED) is 0.437. The highest BCUT2D eigenvalue weighted by Gasteiger charge is 2.10. The molecule has 2 N–H and O–H groups in total. The Kier molecular flexibility index (Phi) is 8.46. The second kappa shape index (κ2) is 10.9. The van der Waals surface area contributed by atoms with Crippen molar-refractivity contribution >= 4 is 11.6 Å². The molecule has 1 aliphatic rings. The Bertz CT molecular complexity index is 481. The van der Waals surface area contributed by atoms with Gasteiger partial charge in [0, 0.05) is 31.9 Å². The summed E-state index contributed by atoms with van der Waals surface area (Å²) in [7, 11) is 0. The zero-order chi connectivity index (χ0) is 17.0.